The number of para-hydroxylation sites is 1. The van der Waals surface area contributed by atoms with Crippen molar-refractivity contribution >= 4 is 23.2 Å². The number of nitrogens with zero attached hydrogens (tertiary/aromatic N) is 2. The van der Waals surface area contributed by atoms with E-state index in [2.05, 4.69) is 5.32 Å². The molecule has 1 aromatic carbocycles. The van der Waals surface area contributed by atoms with Crippen molar-refractivity contribution in [3.63, 3.8) is 0 Å². The van der Waals surface area contributed by atoms with E-state index >= 15 is 0 Å². The normalized spacial score (nSPS) is 18.5. The van der Waals surface area contributed by atoms with Crippen molar-refractivity contribution in [3.05, 3.63) is 56.7 Å². The summed E-state index contributed by atoms with van der Waals surface area (Å²) in [5.41, 5.74) is 5.53. The number of carbonyl (C=O) groups excluding carboxylic acids is 2. The van der Waals surface area contributed by atoms with Crippen LogP contribution in [0.15, 0.2) is 39.9 Å². The van der Waals surface area contributed by atoms with E-state index in [9.17, 15) is 19.2 Å². The first-order valence-electron chi connectivity index (χ1n) is 10.7. The van der Waals surface area contributed by atoms with Crippen LogP contribution >= 0.6 is 0 Å². The Bertz CT molecular complexity index is 1070. The number of nitrogens with one attached hydrogen (secondary N) is 2. The Balaban J connectivity index is 1.65. The summed E-state index contributed by atoms with van der Waals surface area (Å²) in [5.74, 6) is -0.550. The minimum Gasteiger partial charge on any atom is -0.384 e. The van der Waals surface area contributed by atoms with Gasteiger partial charge in [0, 0.05) is 38.0 Å². The molecule has 3 rings (SSSR count). The van der Waals surface area contributed by atoms with Gasteiger partial charge >= 0.3 is 5.69 Å². The number of ketones is 1. The van der Waals surface area contributed by atoms with E-state index in [4.69, 9.17) is 5.73 Å². The summed E-state index contributed by atoms with van der Waals surface area (Å²) in [5, 5.41) is 2.93. The second-order valence-electron chi connectivity index (χ2n) is 8.04. The van der Waals surface area contributed by atoms with Crippen LogP contribution in [0.25, 0.3) is 0 Å². The lowest BCUT2D eigenvalue weighted by Crippen LogP contribution is -3.14. The number of benzene rings is 1. The zero-order valence-electron chi connectivity index (χ0n) is 18.0. The number of nitrogen functional groups attached to an aromatic ring is 1. The molecule has 1 aromatic heterocycles. The van der Waals surface area contributed by atoms with E-state index in [-0.39, 0.29) is 35.5 Å². The molecular weight excluding hydrogens is 398 g/mol. The van der Waals surface area contributed by atoms with Crippen LogP contribution in [0.3, 0.4) is 0 Å². The van der Waals surface area contributed by atoms with Gasteiger partial charge in [-0.15, -0.1) is 0 Å². The smallest absolute Gasteiger partial charge is 0.332 e. The summed E-state index contributed by atoms with van der Waals surface area (Å²) in [6.45, 7) is 3.63. The predicted octanol–water partition coefficient (Wildman–Crippen LogP) is -0.344. The molecule has 0 aliphatic carbocycles. The van der Waals surface area contributed by atoms with Crippen molar-refractivity contribution in [1.82, 2.24) is 9.13 Å². The number of likely N-dealkylation sites (tertiary alicyclic amines) is 1. The predicted molar refractivity (Wildman–Crippen MR) is 118 cm³/mol. The molecule has 166 valence electrons. The number of Topliss-reactive ketones (excluding diaryl/α,β-unsaturated/α-hetero) is 1. The summed E-state index contributed by atoms with van der Waals surface area (Å²) >= 11 is 0. The lowest BCUT2D eigenvalue weighted by molar-refractivity contribution is -0.897. The Morgan fingerprint density at radius 3 is 2.42 bits per heavy atom. The molecule has 4 N–H and O–H groups in total. The first-order valence-corrected chi connectivity index (χ1v) is 10.7. The third-order valence-corrected chi connectivity index (χ3v) is 5.82. The molecule has 2 heterocycles. The topological polar surface area (TPSA) is 121 Å². The number of nitrogens with two attached hydrogens (primary N) is 1. The monoisotopic (exact) mass is 428 g/mol. The number of hydrogen-bond donors (Lipinski definition) is 3. The molecule has 1 amide bonds. The number of anilines is 2. The largest absolute Gasteiger partial charge is 0.384 e. The van der Waals surface area contributed by atoms with Crippen molar-refractivity contribution in [1.29, 1.82) is 0 Å². The molecule has 0 atom stereocenters. The average Bonchev–Trinajstić information content (AvgIpc) is 2.76. The molecule has 1 fully saturated rings. The van der Waals surface area contributed by atoms with Gasteiger partial charge in [-0.3, -0.25) is 23.5 Å². The van der Waals surface area contributed by atoms with E-state index in [1.165, 1.54) is 11.6 Å². The van der Waals surface area contributed by atoms with Crippen LogP contribution in [0, 0.1) is 5.92 Å². The standard InChI is InChI=1S/C22H29N5O4/c1-3-11-27-19(23)18(21(30)25(2)22(27)31)17(28)14-26-12-9-15(10-13-26)20(29)24-16-7-5-4-6-8-16/h4-8,15H,3,9-14,23H2,1-2H3,(H,24,29)/p+1. The molecule has 0 saturated carbocycles. The van der Waals surface area contributed by atoms with E-state index in [1.807, 2.05) is 37.3 Å². The molecule has 0 spiro atoms. The van der Waals surface area contributed by atoms with Crippen LogP contribution in [0.2, 0.25) is 0 Å². The molecule has 1 saturated heterocycles. The van der Waals surface area contributed by atoms with E-state index in [0.29, 0.717) is 38.9 Å². The molecular formula is C22H30N5O4+. The highest BCUT2D eigenvalue weighted by atomic mass is 16.2. The molecule has 31 heavy (non-hydrogen) atoms. The number of rotatable bonds is 7. The van der Waals surface area contributed by atoms with Gasteiger partial charge in [0.1, 0.15) is 17.9 Å². The zero-order chi connectivity index (χ0) is 22.5. The Labute approximate surface area is 180 Å². The van der Waals surface area contributed by atoms with Crippen LogP contribution in [0.1, 0.15) is 36.5 Å². The third-order valence-electron chi connectivity index (χ3n) is 5.82. The first kappa shape index (κ1) is 22.5. The third kappa shape index (κ3) is 4.93. The fourth-order valence-electron chi connectivity index (χ4n) is 4.03. The van der Waals surface area contributed by atoms with Crippen molar-refractivity contribution in [2.24, 2.45) is 13.0 Å². The summed E-state index contributed by atoms with van der Waals surface area (Å²) < 4.78 is 2.22. The highest BCUT2D eigenvalue weighted by molar-refractivity contribution is 6.00. The van der Waals surface area contributed by atoms with Gasteiger partial charge in [-0.05, 0) is 18.6 Å². The van der Waals surface area contributed by atoms with Gasteiger partial charge in [-0.1, -0.05) is 25.1 Å². The minimum atomic E-state index is -0.656. The van der Waals surface area contributed by atoms with Crippen molar-refractivity contribution in [3.8, 4) is 0 Å². The van der Waals surface area contributed by atoms with Gasteiger partial charge in [0.25, 0.3) is 5.56 Å². The van der Waals surface area contributed by atoms with Gasteiger partial charge in [0.05, 0.1) is 13.1 Å². The van der Waals surface area contributed by atoms with E-state index < -0.39 is 11.2 Å². The van der Waals surface area contributed by atoms with Crippen LogP contribution in [0.5, 0.6) is 0 Å². The zero-order valence-corrected chi connectivity index (χ0v) is 18.0. The van der Waals surface area contributed by atoms with Crippen molar-refractivity contribution < 1.29 is 14.5 Å². The Morgan fingerprint density at radius 2 is 1.81 bits per heavy atom. The van der Waals surface area contributed by atoms with Crippen LogP contribution < -0.4 is 27.2 Å². The molecule has 9 nitrogen and oxygen atoms in total. The molecule has 0 bridgehead atoms. The number of amides is 1. The van der Waals surface area contributed by atoms with Crippen molar-refractivity contribution in [2.75, 3.05) is 30.7 Å². The number of piperidine rings is 1. The lowest BCUT2D eigenvalue weighted by atomic mass is 9.95. The Kier molecular flexibility index (Phi) is 7.06. The Morgan fingerprint density at radius 1 is 1.16 bits per heavy atom. The van der Waals surface area contributed by atoms with Gasteiger partial charge in [0.2, 0.25) is 11.7 Å². The van der Waals surface area contributed by atoms with Gasteiger partial charge < -0.3 is 16.0 Å². The maximum Gasteiger partial charge on any atom is 0.332 e. The maximum atomic E-state index is 12.9. The van der Waals surface area contributed by atoms with Gasteiger partial charge in [-0.2, -0.15) is 0 Å². The quantitative estimate of drug-likeness (QED) is 0.521. The number of quaternary nitrogens is 1. The molecule has 0 radical (unpaired) electrons. The van der Waals surface area contributed by atoms with Gasteiger partial charge in [-0.25, -0.2) is 4.79 Å². The van der Waals surface area contributed by atoms with Crippen LogP contribution in [0.4, 0.5) is 11.5 Å². The summed E-state index contributed by atoms with van der Waals surface area (Å²) in [6, 6.07) is 9.32. The minimum absolute atomic E-state index is 0.0127. The molecule has 9 heteroatoms. The highest BCUT2D eigenvalue weighted by Crippen LogP contribution is 2.14. The van der Waals surface area contributed by atoms with E-state index in [0.717, 1.165) is 15.2 Å². The number of aromatic nitrogens is 2. The van der Waals surface area contributed by atoms with Gasteiger partial charge in [0.15, 0.2) is 0 Å². The fraction of sp³-hybridized carbons (Fsp3) is 0.455. The summed E-state index contributed by atoms with van der Waals surface area (Å²) in [6.07, 6.45) is 1.97. The lowest BCUT2D eigenvalue weighted by Gasteiger charge is -2.28. The molecule has 1 aliphatic rings. The SMILES string of the molecule is CCCn1c(N)c(C(=O)C[NH+]2CCC(C(=O)Nc3ccccc3)CC2)c(=O)n(C)c1=O. The van der Waals surface area contributed by atoms with E-state index in [1.54, 1.807) is 0 Å². The molecule has 2 aromatic rings. The maximum absolute atomic E-state index is 12.9. The second-order valence-corrected chi connectivity index (χ2v) is 8.04. The summed E-state index contributed by atoms with van der Waals surface area (Å²) in [4.78, 5) is 51.3. The van der Waals surface area contributed by atoms with Crippen molar-refractivity contribution in [2.45, 2.75) is 32.7 Å². The average molecular weight is 429 g/mol. The van der Waals surface area contributed by atoms with Crippen LogP contribution in [-0.2, 0) is 18.4 Å². The second kappa shape index (κ2) is 9.74. The molecule has 1 aliphatic heterocycles. The summed E-state index contributed by atoms with van der Waals surface area (Å²) in [7, 11) is 1.36. The van der Waals surface area contributed by atoms with Crippen LogP contribution in [-0.4, -0.2) is 40.5 Å². The fourth-order valence-corrected chi connectivity index (χ4v) is 4.03. The number of carbonyl (C=O) groups is 2. The first-order chi connectivity index (χ1) is 14.8. The number of hydrogen-bond acceptors (Lipinski definition) is 5. The molecule has 0 unspecified atom stereocenters. The Hall–Kier alpha value is -3.20. The highest BCUT2D eigenvalue weighted by Gasteiger charge is 2.30.